The van der Waals surface area contributed by atoms with E-state index < -0.39 is 24.0 Å². The molecule has 0 saturated heterocycles. The van der Waals surface area contributed by atoms with Crippen LogP contribution in [0.3, 0.4) is 0 Å². The first-order valence-electron chi connectivity index (χ1n) is 3.62. The third-order valence-electron chi connectivity index (χ3n) is 1.33. The summed E-state index contributed by atoms with van der Waals surface area (Å²) in [4.78, 5) is 21.3. The van der Waals surface area contributed by atoms with Crippen LogP contribution in [0.5, 0.6) is 0 Å². The van der Waals surface area contributed by atoms with Crippen LogP contribution in [0, 0.1) is 12.3 Å². The lowest BCUT2D eigenvalue weighted by atomic mass is 10.2. The smallest absolute Gasteiger partial charge is 0.328 e. The lowest BCUT2D eigenvalue weighted by Crippen LogP contribution is -2.47. The average molecular weight is 185 g/mol. The molecular formula is C8H11NO4. The molecule has 0 fully saturated rings. The molecule has 2 atom stereocenters. The summed E-state index contributed by atoms with van der Waals surface area (Å²) < 4.78 is 0. The summed E-state index contributed by atoms with van der Waals surface area (Å²) in [5.74, 6) is 0.186. The van der Waals surface area contributed by atoms with Crippen molar-refractivity contribution in [2.75, 3.05) is 0 Å². The van der Waals surface area contributed by atoms with E-state index in [1.807, 2.05) is 0 Å². The number of carbonyl (C=O) groups excluding carboxylic acids is 1. The van der Waals surface area contributed by atoms with E-state index in [9.17, 15) is 9.59 Å². The molecule has 1 amide bonds. The van der Waals surface area contributed by atoms with Gasteiger partial charge in [0.25, 0.3) is 0 Å². The SMILES string of the molecule is C#CCC(=O)N[C@H](C(=O)O)[C@@H](C)O. The van der Waals surface area contributed by atoms with E-state index in [1.54, 1.807) is 0 Å². The van der Waals surface area contributed by atoms with Gasteiger partial charge in [0.1, 0.15) is 0 Å². The van der Waals surface area contributed by atoms with E-state index in [2.05, 4.69) is 11.2 Å². The third-order valence-corrected chi connectivity index (χ3v) is 1.33. The molecule has 3 N–H and O–H groups in total. The van der Waals surface area contributed by atoms with Gasteiger partial charge in [-0.3, -0.25) is 4.79 Å². The van der Waals surface area contributed by atoms with Crippen LogP contribution in [0.4, 0.5) is 0 Å². The van der Waals surface area contributed by atoms with Crippen molar-refractivity contribution in [3.63, 3.8) is 0 Å². The maximum absolute atomic E-state index is 10.8. The number of nitrogens with one attached hydrogen (secondary N) is 1. The number of rotatable bonds is 4. The van der Waals surface area contributed by atoms with Crippen molar-refractivity contribution in [3.05, 3.63) is 0 Å². The Kier molecular flexibility index (Phi) is 4.55. The molecule has 5 nitrogen and oxygen atoms in total. The molecule has 72 valence electrons. The van der Waals surface area contributed by atoms with Gasteiger partial charge in [-0.15, -0.1) is 6.42 Å². The number of carbonyl (C=O) groups is 2. The van der Waals surface area contributed by atoms with Crippen molar-refractivity contribution in [2.24, 2.45) is 0 Å². The number of aliphatic hydroxyl groups excluding tert-OH is 1. The van der Waals surface area contributed by atoms with Gasteiger partial charge in [-0.25, -0.2) is 4.79 Å². The second kappa shape index (κ2) is 5.17. The molecule has 0 unspecified atom stereocenters. The van der Waals surface area contributed by atoms with Crippen LogP contribution in [0.2, 0.25) is 0 Å². The molecule has 5 heteroatoms. The predicted molar refractivity (Wildman–Crippen MR) is 44.7 cm³/mol. The molecule has 0 bridgehead atoms. The maximum atomic E-state index is 10.8. The van der Waals surface area contributed by atoms with Gasteiger partial charge < -0.3 is 15.5 Å². The molecule has 0 aromatic heterocycles. The van der Waals surface area contributed by atoms with E-state index in [0.29, 0.717) is 0 Å². The molecule has 0 radical (unpaired) electrons. The van der Waals surface area contributed by atoms with Crippen molar-refractivity contribution in [1.29, 1.82) is 0 Å². The predicted octanol–water partition coefficient (Wildman–Crippen LogP) is -1.04. The molecule has 0 heterocycles. The minimum Gasteiger partial charge on any atom is -0.480 e. The van der Waals surface area contributed by atoms with Gasteiger partial charge >= 0.3 is 5.97 Å². The highest BCUT2D eigenvalue weighted by Gasteiger charge is 2.24. The zero-order chi connectivity index (χ0) is 10.4. The van der Waals surface area contributed by atoms with Crippen molar-refractivity contribution in [1.82, 2.24) is 5.32 Å². The Morgan fingerprint density at radius 3 is 2.46 bits per heavy atom. The zero-order valence-corrected chi connectivity index (χ0v) is 7.15. The van der Waals surface area contributed by atoms with Crippen LogP contribution in [0.1, 0.15) is 13.3 Å². The summed E-state index contributed by atoms with van der Waals surface area (Å²) in [6, 6.07) is -1.30. The fourth-order valence-corrected chi connectivity index (χ4v) is 0.706. The number of hydrogen-bond donors (Lipinski definition) is 3. The number of aliphatic hydroxyl groups is 1. The van der Waals surface area contributed by atoms with E-state index in [-0.39, 0.29) is 6.42 Å². The number of terminal acetylenes is 1. The van der Waals surface area contributed by atoms with Crippen LogP contribution in [0.15, 0.2) is 0 Å². The second-order valence-corrected chi connectivity index (χ2v) is 2.50. The monoisotopic (exact) mass is 185 g/mol. The molecule has 0 aromatic carbocycles. The Bertz CT molecular complexity index is 241. The van der Waals surface area contributed by atoms with Crippen LogP contribution in [-0.2, 0) is 9.59 Å². The highest BCUT2D eigenvalue weighted by Crippen LogP contribution is 1.93. The Morgan fingerprint density at radius 1 is 1.62 bits per heavy atom. The fourth-order valence-electron chi connectivity index (χ4n) is 0.706. The van der Waals surface area contributed by atoms with E-state index in [4.69, 9.17) is 16.6 Å². The number of amides is 1. The highest BCUT2D eigenvalue weighted by atomic mass is 16.4. The first kappa shape index (κ1) is 11.5. The maximum Gasteiger partial charge on any atom is 0.328 e. The Hall–Kier alpha value is -1.54. The van der Waals surface area contributed by atoms with Crippen molar-refractivity contribution >= 4 is 11.9 Å². The summed E-state index contributed by atoms with van der Waals surface area (Å²) in [7, 11) is 0. The lowest BCUT2D eigenvalue weighted by Gasteiger charge is -2.15. The van der Waals surface area contributed by atoms with E-state index in [0.717, 1.165) is 0 Å². The van der Waals surface area contributed by atoms with Gasteiger partial charge in [0, 0.05) is 0 Å². The molecule has 0 aliphatic rings. The zero-order valence-electron chi connectivity index (χ0n) is 7.15. The van der Waals surface area contributed by atoms with Gasteiger partial charge in [0.05, 0.1) is 12.5 Å². The molecule has 0 aliphatic heterocycles. The molecule has 13 heavy (non-hydrogen) atoms. The Balaban J connectivity index is 4.20. The molecule has 0 aliphatic carbocycles. The van der Waals surface area contributed by atoms with Crippen molar-refractivity contribution in [3.8, 4) is 12.3 Å². The quantitative estimate of drug-likeness (QED) is 0.488. The van der Waals surface area contributed by atoms with Crippen LogP contribution < -0.4 is 5.32 Å². The summed E-state index contributed by atoms with van der Waals surface area (Å²) in [5.41, 5.74) is 0. The van der Waals surface area contributed by atoms with Gasteiger partial charge in [-0.1, -0.05) is 5.92 Å². The van der Waals surface area contributed by atoms with Crippen LogP contribution in [0.25, 0.3) is 0 Å². The fraction of sp³-hybridized carbons (Fsp3) is 0.500. The minimum atomic E-state index is -1.30. The van der Waals surface area contributed by atoms with Crippen molar-refractivity contribution < 1.29 is 19.8 Å². The first-order chi connectivity index (χ1) is 5.99. The standard InChI is InChI=1S/C8H11NO4/c1-3-4-6(11)9-7(5(2)10)8(12)13/h1,5,7,10H,4H2,2H3,(H,9,11)(H,12,13)/t5-,7+/m1/s1. The largest absolute Gasteiger partial charge is 0.480 e. The normalized spacial score (nSPS) is 13.9. The summed E-state index contributed by atoms with van der Waals surface area (Å²) >= 11 is 0. The van der Waals surface area contributed by atoms with Gasteiger partial charge in [0.2, 0.25) is 5.91 Å². The number of carboxylic acids is 1. The topological polar surface area (TPSA) is 86.6 Å². The van der Waals surface area contributed by atoms with Crippen LogP contribution in [-0.4, -0.2) is 34.2 Å². The highest BCUT2D eigenvalue weighted by molar-refractivity contribution is 5.85. The summed E-state index contributed by atoms with van der Waals surface area (Å²) in [6.07, 6.45) is 3.49. The molecule has 0 saturated carbocycles. The van der Waals surface area contributed by atoms with E-state index in [1.165, 1.54) is 6.92 Å². The van der Waals surface area contributed by atoms with Gasteiger partial charge in [-0.2, -0.15) is 0 Å². The first-order valence-corrected chi connectivity index (χ1v) is 3.62. The van der Waals surface area contributed by atoms with Gasteiger partial charge in [-0.05, 0) is 6.92 Å². The molecule has 0 spiro atoms. The average Bonchev–Trinajstić information content (AvgIpc) is 1.99. The summed E-state index contributed by atoms with van der Waals surface area (Å²) in [5, 5.41) is 19.6. The summed E-state index contributed by atoms with van der Waals surface area (Å²) in [6.45, 7) is 1.27. The molecular weight excluding hydrogens is 174 g/mol. The van der Waals surface area contributed by atoms with Crippen molar-refractivity contribution in [2.45, 2.75) is 25.5 Å². The molecule has 0 aromatic rings. The number of aliphatic carboxylic acids is 1. The molecule has 0 rings (SSSR count). The second-order valence-electron chi connectivity index (χ2n) is 2.50. The Morgan fingerprint density at radius 2 is 2.15 bits per heavy atom. The minimum absolute atomic E-state index is 0.198. The van der Waals surface area contributed by atoms with Crippen LogP contribution >= 0.6 is 0 Å². The number of carboxylic acid groups (broad SMARTS) is 1. The van der Waals surface area contributed by atoms with E-state index >= 15 is 0 Å². The lowest BCUT2D eigenvalue weighted by molar-refractivity contribution is -0.144. The third kappa shape index (κ3) is 4.13. The Labute approximate surface area is 75.8 Å². The van der Waals surface area contributed by atoms with Gasteiger partial charge in [0.15, 0.2) is 6.04 Å². The number of hydrogen-bond acceptors (Lipinski definition) is 3.